The highest BCUT2D eigenvalue weighted by atomic mass is 35.7. The number of benzene rings is 1. The van der Waals surface area contributed by atoms with E-state index in [1.807, 2.05) is 0 Å². The number of rotatable bonds is 5. The number of carbonyl (C=O) groups excluding carboxylic acids is 1. The first-order valence-corrected chi connectivity index (χ1v) is 8.71. The molecule has 1 saturated carbocycles. The summed E-state index contributed by atoms with van der Waals surface area (Å²) in [6.07, 6.45) is 3.88. The van der Waals surface area contributed by atoms with Gasteiger partial charge in [-0.3, -0.25) is 0 Å². The van der Waals surface area contributed by atoms with Crippen LogP contribution >= 0.6 is 10.7 Å². The maximum absolute atomic E-state index is 13.9. The zero-order valence-corrected chi connectivity index (χ0v) is 12.5. The number of hydrogen-bond donors (Lipinski definition) is 0. The van der Waals surface area contributed by atoms with Crippen molar-refractivity contribution in [3.63, 3.8) is 0 Å². The second kappa shape index (κ2) is 6.27. The van der Waals surface area contributed by atoms with Gasteiger partial charge < -0.3 is 4.74 Å². The Bertz CT molecular complexity index is 656. The highest BCUT2D eigenvalue weighted by Crippen LogP contribution is 2.29. The largest absolute Gasteiger partial charge is 0.462 e. The average Bonchev–Trinajstić information content (AvgIpc) is 2.30. The smallest absolute Gasteiger partial charge is 0.344 e. The molecule has 1 aromatic carbocycles. The number of ether oxygens (including phenoxy) is 1. The van der Waals surface area contributed by atoms with E-state index in [2.05, 4.69) is 0 Å². The molecule has 1 aliphatic carbocycles. The van der Waals surface area contributed by atoms with Gasteiger partial charge in [-0.2, -0.15) is 0 Å². The van der Waals surface area contributed by atoms with E-state index in [9.17, 15) is 22.0 Å². The van der Waals surface area contributed by atoms with Gasteiger partial charge in [-0.1, -0.05) is 19.3 Å². The van der Waals surface area contributed by atoms with Crippen molar-refractivity contribution >= 4 is 25.7 Å². The molecule has 21 heavy (non-hydrogen) atoms. The van der Waals surface area contributed by atoms with Crippen LogP contribution in [0.3, 0.4) is 0 Å². The molecule has 0 bridgehead atoms. The molecule has 1 aromatic rings. The number of halogens is 3. The van der Waals surface area contributed by atoms with Crippen LogP contribution < -0.4 is 0 Å². The van der Waals surface area contributed by atoms with Crippen molar-refractivity contribution in [3.8, 4) is 0 Å². The molecule has 8 heteroatoms. The van der Waals surface area contributed by atoms with Crippen LogP contribution in [-0.2, 0) is 13.8 Å². The number of esters is 1. The van der Waals surface area contributed by atoms with Crippen LogP contribution in [0.4, 0.5) is 8.78 Å². The second-order valence-electron chi connectivity index (χ2n) is 4.89. The predicted octanol–water partition coefficient (Wildman–Crippen LogP) is 3.24. The minimum absolute atomic E-state index is 0.0419. The summed E-state index contributed by atoms with van der Waals surface area (Å²) in [6.45, 7) is 0.0419. The molecular weight excluding hydrogens is 326 g/mol. The first kappa shape index (κ1) is 16.2. The van der Waals surface area contributed by atoms with Crippen LogP contribution in [0.1, 0.15) is 36.0 Å². The lowest BCUT2D eigenvalue weighted by Crippen LogP contribution is -2.17. The summed E-state index contributed by atoms with van der Waals surface area (Å²) in [4.78, 5) is 10.8. The topological polar surface area (TPSA) is 60.4 Å². The SMILES string of the molecule is O=C(OCCC1CCC1)c1c(F)ccc(S(=O)(=O)Cl)c1F. The van der Waals surface area contributed by atoms with Crippen LogP contribution in [-0.4, -0.2) is 21.0 Å². The van der Waals surface area contributed by atoms with Crippen LogP contribution in [0.25, 0.3) is 0 Å². The van der Waals surface area contributed by atoms with Crippen molar-refractivity contribution in [3.05, 3.63) is 29.3 Å². The van der Waals surface area contributed by atoms with Gasteiger partial charge >= 0.3 is 5.97 Å². The van der Waals surface area contributed by atoms with E-state index in [1.54, 1.807) is 0 Å². The zero-order chi connectivity index (χ0) is 15.6. The molecule has 0 aromatic heterocycles. The van der Waals surface area contributed by atoms with Crippen molar-refractivity contribution in [2.75, 3.05) is 6.61 Å². The Morgan fingerprint density at radius 2 is 2.00 bits per heavy atom. The summed E-state index contributed by atoms with van der Waals surface area (Å²) in [5.74, 6) is -3.47. The van der Waals surface area contributed by atoms with Crippen LogP contribution in [0.2, 0.25) is 0 Å². The van der Waals surface area contributed by atoms with E-state index < -0.39 is 37.1 Å². The summed E-state index contributed by atoms with van der Waals surface area (Å²) >= 11 is 0. The van der Waals surface area contributed by atoms with Gasteiger partial charge in [-0.15, -0.1) is 0 Å². The fourth-order valence-electron chi connectivity index (χ4n) is 2.08. The lowest BCUT2D eigenvalue weighted by atomic mass is 9.83. The molecule has 0 aliphatic heterocycles. The highest BCUT2D eigenvalue weighted by molar-refractivity contribution is 8.13. The number of carbonyl (C=O) groups is 1. The molecule has 0 unspecified atom stereocenters. The molecule has 0 N–H and O–H groups in total. The fraction of sp³-hybridized carbons (Fsp3) is 0.462. The molecule has 2 rings (SSSR count). The molecule has 0 spiro atoms. The Morgan fingerprint density at radius 3 is 2.52 bits per heavy atom. The van der Waals surface area contributed by atoms with E-state index in [1.165, 1.54) is 0 Å². The summed E-state index contributed by atoms with van der Waals surface area (Å²) in [7, 11) is 0.611. The first-order valence-electron chi connectivity index (χ1n) is 6.40. The lowest BCUT2D eigenvalue weighted by Gasteiger charge is -2.24. The van der Waals surface area contributed by atoms with Gasteiger partial charge in [0.2, 0.25) is 0 Å². The maximum Gasteiger partial charge on any atom is 0.344 e. The third-order valence-electron chi connectivity index (χ3n) is 3.51. The fourth-order valence-corrected chi connectivity index (χ4v) is 2.98. The summed E-state index contributed by atoms with van der Waals surface area (Å²) in [5, 5.41) is 0. The van der Waals surface area contributed by atoms with E-state index >= 15 is 0 Å². The number of hydrogen-bond acceptors (Lipinski definition) is 4. The Hall–Kier alpha value is -1.21. The zero-order valence-electron chi connectivity index (χ0n) is 10.9. The Morgan fingerprint density at radius 1 is 1.33 bits per heavy atom. The van der Waals surface area contributed by atoms with Gasteiger partial charge in [-0.05, 0) is 24.5 Å². The van der Waals surface area contributed by atoms with Crippen molar-refractivity contribution < 1.29 is 26.7 Å². The Kier molecular flexibility index (Phi) is 4.83. The summed E-state index contributed by atoms with van der Waals surface area (Å²) in [6, 6.07) is 1.33. The summed E-state index contributed by atoms with van der Waals surface area (Å²) in [5.41, 5.74) is -1.04. The Balaban J connectivity index is 2.15. The lowest BCUT2D eigenvalue weighted by molar-refractivity contribution is 0.0452. The van der Waals surface area contributed by atoms with Crippen LogP contribution in [0, 0.1) is 17.6 Å². The molecule has 1 aliphatic rings. The molecule has 0 saturated heterocycles. The normalized spacial score (nSPS) is 15.6. The molecule has 4 nitrogen and oxygen atoms in total. The van der Waals surface area contributed by atoms with Gasteiger partial charge in [0, 0.05) is 10.7 Å². The third-order valence-corrected chi connectivity index (χ3v) is 4.85. The first-order chi connectivity index (χ1) is 9.80. The average molecular weight is 339 g/mol. The van der Waals surface area contributed by atoms with Gasteiger partial charge in [0.25, 0.3) is 9.05 Å². The van der Waals surface area contributed by atoms with Crippen LogP contribution in [0.15, 0.2) is 17.0 Å². The van der Waals surface area contributed by atoms with Crippen LogP contribution in [0.5, 0.6) is 0 Å². The van der Waals surface area contributed by atoms with E-state index in [-0.39, 0.29) is 6.61 Å². The van der Waals surface area contributed by atoms with E-state index in [0.29, 0.717) is 24.5 Å². The predicted molar refractivity (Wildman–Crippen MR) is 71.6 cm³/mol. The third kappa shape index (κ3) is 3.71. The van der Waals surface area contributed by atoms with E-state index in [0.717, 1.165) is 19.3 Å². The van der Waals surface area contributed by atoms with E-state index in [4.69, 9.17) is 15.4 Å². The summed E-state index contributed by atoms with van der Waals surface area (Å²) < 4.78 is 54.6. The highest BCUT2D eigenvalue weighted by Gasteiger charge is 2.27. The van der Waals surface area contributed by atoms with Gasteiger partial charge in [-0.25, -0.2) is 22.0 Å². The molecule has 0 amide bonds. The molecule has 0 radical (unpaired) electrons. The molecule has 116 valence electrons. The Labute approximate surface area is 125 Å². The van der Waals surface area contributed by atoms with Gasteiger partial charge in [0.1, 0.15) is 16.3 Å². The molecule has 0 heterocycles. The monoisotopic (exact) mass is 338 g/mol. The van der Waals surface area contributed by atoms with Crippen molar-refractivity contribution in [2.45, 2.75) is 30.6 Å². The van der Waals surface area contributed by atoms with Gasteiger partial charge in [0.15, 0.2) is 5.82 Å². The second-order valence-corrected chi connectivity index (χ2v) is 7.43. The van der Waals surface area contributed by atoms with Crippen molar-refractivity contribution in [1.29, 1.82) is 0 Å². The standard InChI is InChI=1S/C13H13ClF2O4S/c14-21(18,19)10-5-4-9(15)11(12(10)16)13(17)20-7-6-8-2-1-3-8/h4-5,8H,1-3,6-7H2. The maximum atomic E-state index is 13.9. The molecule has 0 atom stereocenters. The minimum Gasteiger partial charge on any atom is -0.462 e. The quantitative estimate of drug-likeness (QED) is 0.611. The van der Waals surface area contributed by atoms with Crippen molar-refractivity contribution in [1.82, 2.24) is 0 Å². The van der Waals surface area contributed by atoms with Gasteiger partial charge in [0.05, 0.1) is 6.61 Å². The van der Waals surface area contributed by atoms with Crippen molar-refractivity contribution in [2.24, 2.45) is 5.92 Å². The molecule has 1 fully saturated rings. The minimum atomic E-state index is -4.41. The molecular formula is C13H13ClF2O4S.